The van der Waals surface area contributed by atoms with E-state index in [-0.39, 0.29) is 0 Å². The number of nitrogens with zero attached hydrogens (tertiary/aromatic N) is 2. The molecule has 126 valence electrons. The normalized spacial score (nSPS) is 17.6. The van der Waals surface area contributed by atoms with Crippen molar-refractivity contribution in [3.8, 4) is 0 Å². The van der Waals surface area contributed by atoms with Crippen LogP contribution in [0.1, 0.15) is 39.5 Å². The van der Waals surface area contributed by atoms with Gasteiger partial charge in [0.25, 0.3) is 10.2 Å². The second-order valence-corrected chi connectivity index (χ2v) is 7.90. The molecule has 1 unspecified atom stereocenters. The summed E-state index contributed by atoms with van der Waals surface area (Å²) in [5.41, 5.74) is 0. The molecule has 2 N–H and O–H groups in total. The molecule has 0 spiro atoms. The van der Waals surface area contributed by atoms with Crippen LogP contribution in [0.25, 0.3) is 0 Å². The predicted octanol–water partition coefficient (Wildman–Crippen LogP) is 0.625. The smallest absolute Gasteiger partial charge is 0.279 e. The number of rotatable bonds is 12. The van der Waals surface area contributed by atoms with Gasteiger partial charge < -0.3 is 10.2 Å². The van der Waals surface area contributed by atoms with E-state index in [2.05, 4.69) is 28.8 Å². The van der Waals surface area contributed by atoms with E-state index in [9.17, 15) is 8.42 Å². The van der Waals surface area contributed by atoms with Crippen LogP contribution in [0.3, 0.4) is 0 Å². The Balaban J connectivity index is 2.17. The van der Waals surface area contributed by atoms with Crippen molar-refractivity contribution in [3.63, 3.8) is 0 Å². The van der Waals surface area contributed by atoms with E-state index in [4.69, 9.17) is 0 Å². The Labute approximate surface area is 130 Å². The summed E-state index contributed by atoms with van der Waals surface area (Å²) in [6.07, 6.45) is 4.44. The first kappa shape index (κ1) is 18.8. The van der Waals surface area contributed by atoms with Crippen LogP contribution in [0.15, 0.2) is 0 Å². The molecule has 1 fully saturated rings. The van der Waals surface area contributed by atoms with Crippen LogP contribution < -0.4 is 10.0 Å². The SMILES string of the molecule is CCC(C)N(C)CCNS(=O)(=O)N(C)CCCNC1CC1. The van der Waals surface area contributed by atoms with Gasteiger partial charge in [0, 0.05) is 38.8 Å². The summed E-state index contributed by atoms with van der Waals surface area (Å²) in [7, 11) is 0.316. The molecule has 21 heavy (non-hydrogen) atoms. The summed E-state index contributed by atoms with van der Waals surface area (Å²) in [6.45, 7) is 6.90. The zero-order chi connectivity index (χ0) is 15.9. The van der Waals surface area contributed by atoms with Crippen LogP contribution in [0.5, 0.6) is 0 Å². The lowest BCUT2D eigenvalue weighted by atomic mass is 10.2. The first-order valence-electron chi connectivity index (χ1n) is 8.01. The van der Waals surface area contributed by atoms with Crippen LogP contribution in [0, 0.1) is 0 Å². The maximum absolute atomic E-state index is 12.1. The molecule has 0 heterocycles. The van der Waals surface area contributed by atoms with Gasteiger partial charge in [-0.25, -0.2) is 4.72 Å². The van der Waals surface area contributed by atoms with Crippen LogP contribution >= 0.6 is 0 Å². The molecule has 1 atom stereocenters. The lowest BCUT2D eigenvalue weighted by Crippen LogP contribution is -2.43. The van der Waals surface area contributed by atoms with Gasteiger partial charge in [-0.15, -0.1) is 0 Å². The van der Waals surface area contributed by atoms with Crippen LogP contribution in [-0.4, -0.2) is 70.0 Å². The molecular formula is C14H32N4O2S. The maximum Gasteiger partial charge on any atom is 0.279 e. The molecule has 0 aromatic carbocycles. The van der Waals surface area contributed by atoms with Gasteiger partial charge in [-0.1, -0.05) is 6.92 Å². The average Bonchev–Trinajstić information content (AvgIpc) is 3.26. The molecule has 0 aromatic heterocycles. The predicted molar refractivity (Wildman–Crippen MR) is 87.6 cm³/mol. The minimum atomic E-state index is -3.34. The molecular weight excluding hydrogens is 288 g/mol. The number of likely N-dealkylation sites (N-methyl/N-ethyl adjacent to an activating group) is 1. The second-order valence-electron chi connectivity index (χ2n) is 6.04. The number of hydrogen-bond donors (Lipinski definition) is 2. The summed E-state index contributed by atoms with van der Waals surface area (Å²) in [6, 6.07) is 1.15. The van der Waals surface area contributed by atoms with Crippen molar-refractivity contribution in [2.24, 2.45) is 0 Å². The van der Waals surface area contributed by atoms with Gasteiger partial charge in [-0.05, 0) is 46.2 Å². The highest BCUT2D eigenvalue weighted by atomic mass is 32.2. The third-order valence-corrected chi connectivity index (χ3v) is 5.73. The minimum absolute atomic E-state index is 0.452. The van der Waals surface area contributed by atoms with Gasteiger partial charge in [-0.2, -0.15) is 12.7 Å². The fraction of sp³-hybridized carbons (Fsp3) is 1.00. The van der Waals surface area contributed by atoms with Crippen LogP contribution in [0.4, 0.5) is 0 Å². The van der Waals surface area contributed by atoms with Crippen molar-refractivity contribution in [2.45, 2.75) is 51.6 Å². The van der Waals surface area contributed by atoms with Crippen molar-refractivity contribution in [3.05, 3.63) is 0 Å². The van der Waals surface area contributed by atoms with Gasteiger partial charge in [-0.3, -0.25) is 0 Å². The first-order chi connectivity index (χ1) is 9.86. The Morgan fingerprint density at radius 2 is 1.86 bits per heavy atom. The molecule has 7 heteroatoms. The summed E-state index contributed by atoms with van der Waals surface area (Å²) >= 11 is 0. The summed E-state index contributed by atoms with van der Waals surface area (Å²) < 4.78 is 28.2. The van der Waals surface area contributed by atoms with E-state index in [1.54, 1.807) is 7.05 Å². The molecule has 1 saturated carbocycles. The van der Waals surface area contributed by atoms with Crippen molar-refractivity contribution < 1.29 is 8.42 Å². The molecule has 1 aliphatic rings. The number of nitrogens with one attached hydrogen (secondary N) is 2. The van der Waals surface area contributed by atoms with Gasteiger partial charge in [0.15, 0.2) is 0 Å². The summed E-state index contributed by atoms with van der Waals surface area (Å²) in [4.78, 5) is 2.17. The molecule has 0 aromatic rings. The van der Waals surface area contributed by atoms with Crippen LogP contribution in [-0.2, 0) is 10.2 Å². The average molecular weight is 321 g/mol. The highest BCUT2D eigenvalue weighted by Crippen LogP contribution is 2.18. The Kier molecular flexibility index (Phi) is 8.12. The third kappa shape index (κ3) is 7.56. The highest BCUT2D eigenvalue weighted by molar-refractivity contribution is 7.87. The number of hydrogen-bond acceptors (Lipinski definition) is 4. The van der Waals surface area contributed by atoms with E-state index in [0.717, 1.165) is 25.9 Å². The van der Waals surface area contributed by atoms with Crippen molar-refractivity contribution in [1.82, 2.24) is 19.2 Å². The highest BCUT2D eigenvalue weighted by Gasteiger charge is 2.20. The molecule has 0 aliphatic heterocycles. The summed E-state index contributed by atoms with van der Waals surface area (Å²) in [5.74, 6) is 0. The second kappa shape index (κ2) is 9.05. The minimum Gasteiger partial charge on any atom is -0.314 e. The Hall–Kier alpha value is -0.210. The zero-order valence-corrected chi connectivity index (χ0v) is 14.7. The van der Waals surface area contributed by atoms with Gasteiger partial charge in [0.05, 0.1) is 0 Å². The Bertz CT molecular complexity index is 384. The monoisotopic (exact) mass is 320 g/mol. The first-order valence-corrected chi connectivity index (χ1v) is 9.45. The molecule has 0 bridgehead atoms. The third-order valence-electron chi connectivity index (χ3n) is 4.16. The van der Waals surface area contributed by atoms with Gasteiger partial charge in [0.2, 0.25) is 0 Å². The molecule has 1 rings (SSSR count). The van der Waals surface area contributed by atoms with Gasteiger partial charge >= 0.3 is 0 Å². The topological polar surface area (TPSA) is 64.7 Å². The van der Waals surface area contributed by atoms with E-state index >= 15 is 0 Å². The van der Waals surface area contributed by atoms with E-state index < -0.39 is 10.2 Å². The fourth-order valence-electron chi connectivity index (χ4n) is 2.01. The van der Waals surface area contributed by atoms with E-state index in [1.165, 1.54) is 17.1 Å². The Morgan fingerprint density at radius 1 is 1.19 bits per heavy atom. The lowest BCUT2D eigenvalue weighted by Gasteiger charge is -2.24. The largest absolute Gasteiger partial charge is 0.314 e. The standard InChI is InChI=1S/C14H32N4O2S/c1-5-13(2)17(3)12-10-16-21(19,20)18(4)11-6-9-15-14-7-8-14/h13-16H,5-12H2,1-4H3. The maximum atomic E-state index is 12.1. The molecule has 6 nitrogen and oxygen atoms in total. The van der Waals surface area contributed by atoms with Crippen LogP contribution in [0.2, 0.25) is 0 Å². The van der Waals surface area contributed by atoms with Crippen molar-refractivity contribution >= 4 is 10.2 Å². The quantitative estimate of drug-likeness (QED) is 0.518. The van der Waals surface area contributed by atoms with Crippen molar-refractivity contribution in [2.75, 3.05) is 40.3 Å². The van der Waals surface area contributed by atoms with Crippen molar-refractivity contribution in [1.29, 1.82) is 0 Å². The lowest BCUT2D eigenvalue weighted by molar-refractivity contribution is 0.255. The zero-order valence-electron chi connectivity index (χ0n) is 13.9. The Morgan fingerprint density at radius 3 is 2.43 bits per heavy atom. The molecule has 0 amide bonds. The molecule has 0 saturated heterocycles. The fourth-order valence-corrected chi connectivity index (χ4v) is 2.95. The van der Waals surface area contributed by atoms with E-state index in [0.29, 0.717) is 25.2 Å². The molecule has 0 radical (unpaired) electrons. The van der Waals surface area contributed by atoms with E-state index in [1.807, 2.05) is 7.05 Å². The van der Waals surface area contributed by atoms with Gasteiger partial charge in [0.1, 0.15) is 0 Å². The molecule has 1 aliphatic carbocycles. The summed E-state index contributed by atoms with van der Waals surface area (Å²) in [5, 5.41) is 3.39.